The van der Waals surface area contributed by atoms with Crippen LogP contribution in [0.25, 0.3) is 0 Å². The fourth-order valence-electron chi connectivity index (χ4n) is 4.33. The second kappa shape index (κ2) is 13.1. The monoisotopic (exact) mass is 373 g/mol. The van der Waals surface area contributed by atoms with Crippen LogP contribution in [0.1, 0.15) is 76.7 Å². The molecule has 1 N–H and O–H groups in total. The summed E-state index contributed by atoms with van der Waals surface area (Å²) < 4.78 is 0.919. The lowest BCUT2D eigenvalue weighted by Gasteiger charge is -2.34. The summed E-state index contributed by atoms with van der Waals surface area (Å²) in [5.41, 5.74) is 1.39. The number of aliphatic imine (C=N–C) groups is 1. The van der Waals surface area contributed by atoms with Crippen molar-refractivity contribution in [3.63, 3.8) is 0 Å². The Labute approximate surface area is 167 Å². The lowest BCUT2D eigenvalue weighted by molar-refractivity contribution is -0.836. The quantitative estimate of drug-likeness (QED) is 0.325. The molecule has 27 heavy (non-hydrogen) atoms. The van der Waals surface area contributed by atoms with E-state index in [1.807, 2.05) is 0 Å². The van der Waals surface area contributed by atoms with Crippen LogP contribution >= 0.6 is 0 Å². The summed E-state index contributed by atoms with van der Waals surface area (Å²) in [6, 6.07) is 10.7. The SMILES string of the molecule is CCCCCCCCCCCC1=NCC[N+]1(CCO)CCc1ccccc1. The van der Waals surface area contributed by atoms with E-state index in [0.717, 1.165) is 43.5 Å². The first-order chi connectivity index (χ1) is 13.3. The highest BCUT2D eigenvalue weighted by atomic mass is 16.3. The number of hydrogen-bond acceptors (Lipinski definition) is 2. The maximum absolute atomic E-state index is 9.67. The van der Waals surface area contributed by atoms with Gasteiger partial charge in [0.15, 0.2) is 5.84 Å². The molecule has 0 aromatic heterocycles. The van der Waals surface area contributed by atoms with Crippen molar-refractivity contribution >= 4 is 5.84 Å². The van der Waals surface area contributed by atoms with Gasteiger partial charge in [-0.25, -0.2) is 4.99 Å². The van der Waals surface area contributed by atoms with Crippen LogP contribution in [-0.2, 0) is 6.42 Å². The van der Waals surface area contributed by atoms with Crippen LogP contribution in [0.2, 0.25) is 0 Å². The average molecular weight is 374 g/mol. The molecule has 3 nitrogen and oxygen atoms in total. The zero-order chi connectivity index (χ0) is 19.2. The molecule has 3 heteroatoms. The Hall–Kier alpha value is -1.19. The first-order valence-corrected chi connectivity index (χ1v) is 11.4. The van der Waals surface area contributed by atoms with E-state index >= 15 is 0 Å². The number of rotatable bonds is 15. The smallest absolute Gasteiger partial charge is 0.198 e. The molecule has 0 bridgehead atoms. The summed E-state index contributed by atoms with van der Waals surface area (Å²) in [6.45, 7) is 6.43. The number of quaternary nitrogens is 1. The van der Waals surface area contributed by atoms with E-state index in [2.05, 4.69) is 37.3 Å². The van der Waals surface area contributed by atoms with Crippen molar-refractivity contribution in [2.45, 2.75) is 77.6 Å². The van der Waals surface area contributed by atoms with E-state index in [9.17, 15) is 5.11 Å². The summed E-state index contributed by atoms with van der Waals surface area (Å²) >= 11 is 0. The molecule has 2 rings (SSSR count). The van der Waals surface area contributed by atoms with Gasteiger partial charge in [-0.1, -0.05) is 88.6 Å². The van der Waals surface area contributed by atoms with Gasteiger partial charge >= 0.3 is 0 Å². The van der Waals surface area contributed by atoms with Gasteiger partial charge in [-0.2, -0.15) is 0 Å². The van der Waals surface area contributed by atoms with Crippen molar-refractivity contribution in [3.05, 3.63) is 35.9 Å². The van der Waals surface area contributed by atoms with Gasteiger partial charge in [0.2, 0.25) is 0 Å². The molecule has 0 spiro atoms. The minimum Gasteiger partial charge on any atom is -0.390 e. The van der Waals surface area contributed by atoms with Gasteiger partial charge in [0.1, 0.15) is 13.1 Å². The molecule has 1 heterocycles. The second-order valence-electron chi connectivity index (χ2n) is 8.15. The molecule has 0 radical (unpaired) electrons. The highest BCUT2D eigenvalue weighted by Gasteiger charge is 2.36. The predicted octanol–water partition coefficient (Wildman–Crippen LogP) is 5.37. The highest BCUT2D eigenvalue weighted by molar-refractivity contribution is 5.76. The molecule has 152 valence electrons. The predicted molar refractivity (Wildman–Crippen MR) is 116 cm³/mol. The first-order valence-electron chi connectivity index (χ1n) is 11.4. The molecular weight excluding hydrogens is 332 g/mol. The molecule has 1 aliphatic heterocycles. The van der Waals surface area contributed by atoms with Gasteiger partial charge in [-0.3, -0.25) is 4.48 Å². The van der Waals surface area contributed by atoms with Gasteiger partial charge in [0.25, 0.3) is 0 Å². The molecule has 0 amide bonds. The molecule has 1 unspecified atom stereocenters. The zero-order valence-corrected chi connectivity index (χ0v) is 17.5. The molecule has 1 aliphatic rings. The lowest BCUT2D eigenvalue weighted by Crippen LogP contribution is -2.53. The summed E-state index contributed by atoms with van der Waals surface area (Å²) in [5, 5.41) is 9.67. The third-order valence-corrected chi connectivity index (χ3v) is 6.07. The average Bonchev–Trinajstić information content (AvgIpc) is 3.09. The van der Waals surface area contributed by atoms with Crippen LogP contribution in [0.4, 0.5) is 0 Å². The Kier molecular flexibility index (Phi) is 10.7. The fourth-order valence-corrected chi connectivity index (χ4v) is 4.33. The van der Waals surface area contributed by atoms with Crippen molar-refractivity contribution in [1.82, 2.24) is 0 Å². The van der Waals surface area contributed by atoms with Crippen molar-refractivity contribution < 1.29 is 9.59 Å². The van der Waals surface area contributed by atoms with Gasteiger partial charge < -0.3 is 5.11 Å². The molecule has 1 aromatic carbocycles. The van der Waals surface area contributed by atoms with Gasteiger partial charge in [-0.05, 0) is 12.0 Å². The van der Waals surface area contributed by atoms with Crippen LogP contribution in [-0.4, -0.2) is 48.2 Å². The van der Waals surface area contributed by atoms with Gasteiger partial charge in [0.05, 0.1) is 19.7 Å². The molecule has 0 fully saturated rings. The molecule has 0 aliphatic carbocycles. The standard InChI is InChI=1S/C24H41N2O/c1-2-3-4-5-6-7-8-9-13-16-24-25-18-20-26(24,21-22-27)19-17-23-14-11-10-12-15-23/h10-12,14-15,27H,2-9,13,16-22H2,1H3/q+1. The Morgan fingerprint density at radius 1 is 0.852 bits per heavy atom. The lowest BCUT2D eigenvalue weighted by atomic mass is 10.1. The third-order valence-electron chi connectivity index (χ3n) is 6.07. The zero-order valence-electron chi connectivity index (χ0n) is 17.5. The molecule has 1 atom stereocenters. The number of nitrogens with zero attached hydrogens (tertiary/aromatic N) is 2. The van der Waals surface area contributed by atoms with Crippen LogP contribution in [0.3, 0.4) is 0 Å². The van der Waals surface area contributed by atoms with E-state index in [1.165, 1.54) is 69.2 Å². The van der Waals surface area contributed by atoms with Crippen molar-refractivity contribution in [3.8, 4) is 0 Å². The fraction of sp³-hybridized carbons (Fsp3) is 0.708. The van der Waals surface area contributed by atoms with Crippen LogP contribution in [0.15, 0.2) is 35.3 Å². The van der Waals surface area contributed by atoms with Gasteiger partial charge in [-0.15, -0.1) is 0 Å². The normalized spacial score (nSPS) is 19.4. The molecule has 0 saturated carbocycles. The van der Waals surface area contributed by atoms with Crippen LogP contribution in [0, 0.1) is 0 Å². The maximum atomic E-state index is 9.67. The first kappa shape index (κ1) is 22.1. The molecule has 1 aromatic rings. The van der Waals surface area contributed by atoms with E-state index in [-0.39, 0.29) is 6.61 Å². The van der Waals surface area contributed by atoms with Gasteiger partial charge in [0, 0.05) is 12.8 Å². The second-order valence-corrected chi connectivity index (χ2v) is 8.15. The maximum Gasteiger partial charge on any atom is 0.198 e. The third kappa shape index (κ3) is 7.75. The Bertz CT molecular complexity index is 528. The van der Waals surface area contributed by atoms with Crippen molar-refractivity contribution in [2.24, 2.45) is 4.99 Å². The molecule has 0 saturated heterocycles. The summed E-state index contributed by atoms with van der Waals surface area (Å²) in [6.07, 6.45) is 14.5. The number of aliphatic hydroxyl groups excluding tert-OH is 1. The number of aliphatic hydroxyl groups is 1. The highest BCUT2D eigenvalue weighted by Crippen LogP contribution is 2.21. The van der Waals surface area contributed by atoms with Crippen LogP contribution in [0.5, 0.6) is 0 Å². The topological polar surface area (TPSA) is 32.6 Å². The number of hydrogen-bond donors (Lipinski definition) is 1. The number of amidine groups is 1. The minimum atomic E-state index is 0.256. The summed E-state index contributed by atoms with van der Waals surface area (Å²) in [5.74, 6) is 1.35. The van der Waals surface area contributed by atoms with E-state index in [0.29, 0.717) is 0 Å². The van der Waals surface area contributed by atoms with Crippen LogP contribution < -0.4 is 0 Å². The van der Waals surface area contributed by atoms with E-state index < -0.39 is 0 Å². The number of unbranched alkanes of at least 4 members (excludes halogenated alkanes) is 8. The minimum absolute atomic E-state index is 0.256. The summed E-state index contributed by atoms with van der Waals surface area (Å²) in [7, 11) is 0. The Morgan fingerprint density at radius 3 is 2.19 bits per heavy atom. The van der Waals surface area contributed by atoms with E-state index in [1.54, 1.807) is 0 Å². The number of benzene rings is 1. The summed E-state index contributed by atoms with van der Waals surface area (Å²) in [4.78, 5) is 4.87. The largest absolute Gasteiger partial charge is 0.390 e. The van der Waals surface area contributed by atoms with E-state index in [4.69, 9.17) is 4.99 Å². The Balaban J connectivity index is 1.71. The molecular formula is C24H41N2O+. The van der Waals surface area contributed by atoms with Crippen molar-refractivity contribution in [1.29, 1.82) is 0 Å². The van der Waals surface area contributed by atoms with Crippen molar-refractivity contribution in [2.75, 3.05) is 32.8 Å². The Morgan fingerprint density at radius 2 is 1.52 bits per heavy atom.